The Hall–Kier alpha value is -2.54. The number of fused-ring (bicyclic) bond motifs is 4. The number of hydrogen-bond acceptors (Lipinski definition) is 4. The zero-order valence-electron chi connectivity index (χ0n) is 14.4. The van der Waals surface area contributed by atoms with Gasteiger partial charge in [0, 0.05) is 29.3 Å². The monoisotopic (exact) mass is 427 g/mol. The van der Waals surface area contributed by atoms with E-state index in [1.165, 1.54) is 6.07 Å². The van der Waals surface area contributed by atoms with Crippen molar-refractivity contribution >= 4 is 38.4 Å². The summed E-state index contributed by atoms with van der Waals surface area (Å²) in [6.45, 7) is 0. The summed E-state index contributed by atoms with van der Waals surface area (Å²) < 4.78 is 19.5. The number of hydrogen-bond donors (Lipinski definition) is 1. The Morgan fingerprint density at radius 1 is 1.30 bits per heavy atom. The molecular formula is C20H15BrFN3O2. The first kappa shape index (κ1) is 16.6. The van der Waals surface area contributed by atoms with Crippen LogP contribution >= 0.6 is 15.9 Å². The molecule has 1 fully saturated rings. The molecule has 1 aliphatic heterocycles. The summed E-state index contributed by atoms with van der Waals surface area (Å²) in [7, 11) is 1.59. The number of nitrogens with zero attached hydrogens (tertiary/aromatic N) is 2. The lowest BCUT2D eigenvalue weighted by Crippen LogP contribution is -2.45. The largest absolute Gasteiger partial charge is 0.481 e. The van der Waals surface area contributed by atoms with Gasteiger partial charge in [-0.1, -0.05) is 0 Å². The van der Waals surface area contributed by atoms with E-state index in [4.69, 9.17) is 4.74 Å². The summed E-state index contributed by atoms with van der Waals surface area (Å²) in [5.74, 6) is 0.436. The number of nitrogens with one attached hydrogen (secondary N) is 1. The Balaban J connectivity index is 1.59. The Labute approximate surface area is 163 Å². The zero-order chi connectivity index (χ0) is 18.8. The first-order valence-corrected chi connectivity index (χ1v) is 9.41. The van der Waals surface area contributed by atoms with Gasteiger partial charge in [-0.15, -0.1) is 0 Å². The average molecular weight is 428 g/mol. The van der Waals surface area contributed by atoms with E-state index >= 15 is 0 Å². The lowest BCUT2D eigenvalue weighted by atomic mass is 9.57. The molecule has 1 saturated carbocycles. The van der Waals surface area contributed by atoms with Gasteiger partial charge < -0.3 is 10.1 Å². The maximum Gasteiger partial charge on any atom is 0.235 e. The third-order valence-electron chi connectivity index (χ3n) is 5.70. The first-order valence-electron chi connectivity index (χ1n) is 8.61. The molecule has 7 heteroatoms. The van der Waals surface area contributed by atoms with Gasteiger partial charge in [-0.2, -0.15) is 0 Å². The van der Waals surface area contributed by atoms with Crippen molar-refractivity contribution in [2.45, 2.75) is 24.2 Å². The van der Waals surface area contributed by atoms with E-state index < -0.39 is 5.41 Å². The fourth-order valence-corrected chi connectivity index (χ4v) is 4.69. The molecule has 0 atom stereocenters. The summed E-state index contributed by atoms with van der Waals surface area (Å²) >= 11 is 3.25. The molecule has 2 aromatic heterocycles. The molecule has 136 valence electrons. The quantitative estimate of drug-likeness (QED) is 0.661. The molecular weight excluding hydrogens is 413 g/mol. The minimum Gasteiger partial charge on any atom is -0.481 e. The molecule has 1 aromatic carbocycles. The van der Waals surface area contributed by atoms with Gasteiger partial charge in [0.15, 0.2) is 0 Å². The smallest absolute Gasteiger partial charge is 0.235 e. The number of pyridine rings is 2. The minimum atomic E-state index is -0.602. The number of aromatic nitrogens is 2. The maximum atomic E-state index is 13.9. The second-order valence-corrected chi connectivity index (χ2v) is 7.96. The van der Waals surface area contributed by atoms with Crippen molar-refractivity contribution < 1.29 is 13.9 Å². The molecule has 1 spiro atoms. The van der Waals surface area contributed by atoms with Crippen LogP contribution in [0.5, 0.6) is 5.88 Å². The van der Waals surface area contributed by atoms with Gasteiger partial charge in [-0.25, -0.2) is 9.37 Å². The summed E-state index contributed by atoms with van der Waals surface area (Å²) in [6, 6.07) is 7.01. The predicted molar refractivity (Wildman–Crippen MR) is 102 cm³/mol. The number of ether oxygens (including phenoxy) is 1. The normalized spacial score (nSPS) is 23.2. The van der Waals surface area contributed by atoms with Crippen LogP contribution in [0.2, 0.25) is 0 Å². The molecule has 0 radical (unpaired) electrons. The van der Waals surface area contributed by atoms with Crippen LogP contribution in [0.25, 0.3) is 10.9 Å². The van der Waals surface area contributed by atoms with Gasteiger partial charge in [0.2, 0.25) is 11.8 Å². The number of carbonyl (C=O) groups is 1. The van der Waals surface area contributed by atoms with E-state index in [1.807, 2.05) is 12.1 Å². The van der Waals surface area contributed by atoms with Crippen molar-refractivity contribution in [3.63, 3.8) is 0 Å². The van der Waals surface area contributed by atoms with Gasteiger partial charge >= 0.3 is 0 Å². The molecule has 27 heavy (non-hydrogen) atoms. The van der Waals surface area contributed by atoms with Crippen molar-refractivity contribution in [1.29, 1.82) is 0 Å². The topological polar surface area (TPSA) is 64.1 Å². The Morgan fingerprint density at radius 3 is 2.89 bits per heavy atom. The van der Waals surface area contributed by atoms with E-state index in [-0.39, 0.29) is 17.6 Å². The Kier molecular flexibility index (Phi) is 3.53. The van der Waals surface area contributed by atoms with Crippen molar-refractivity contribution in [3.8, 4) is 5.88 Å². The van der Waals surface area contributed by atoms with Crippen LogP contribution in [0.1, 0.15) is 29.9 Å². The fourth-order valence-electron chi connectivity index (χ4n) is 4.35. The van der Waals surface area contributed by atoms with Crippen molar-refractivity contribution in [2.24, 2.45) is 0 Å². The minimum absolute atomic E-state index is 0.00971. The van der Waals surface area contributed by atoms with Gasteiger partial charge in [0.25, 0.3) is 0 Å². The highest BCUT2D eigenvalue weighted by Gasteiger charge is 2.56. The number of benzene rings is 1. The second kappa shape index (κ2) is 5.73. The van der Waals surface area contributed by atoms with Crippen LogP contribution < -0.4 is 10.1 Å². The molecule has 0 saturated heterocycles. The predicted octanol–water partition coefficient (Wildman–Crippen LogP) is 4.31. The molecule has 3 heterocycles. The fraction of sp³-hybridized carbons (Fsp3) is 0.250. The summed E-state index contributed by atoms with van der Waals surface area (Å²) in [5, 5.41) is 3.77. The molecule has 0 bridgehead atoms. The number of amides is 1. The van der Waals surface area contributed by atoms with Crippen LogP contribution in [0.4, 0.5) is 10.1 Å². The number of carbonyl (C=O) groups excluding carboxylic acids is 1. The van der Waals surface area contributed by atoms with Gasteiger partial charge in [0.1, 0.15) is 5.82 Å². The summed E-state index contributed by atoms with van der Waals surface area (Å²) in [6.07, 6.45) is 4.72. The van der Waals surface area contributed by atoms with Crippen LogP contribution in [0.3, 0.4) is 0 Å². The standard InChI is InChI=1S/C20H15BrFN3O2/c1-27-17-4-10(2-3-23-17)11-7-20(8-11)18-12-5-13(21)14(22)6-15(12)24-9-16(18)25-19(20)26/h2-6,9,11H,7-8H2,1H3,(H,25,26)/t11-,20+. The van der Waals surface area contributed by atoms with Crippen molar-refractivity contribution in [2.75, 3.05) is 12.4 Å². The van der Waals surface area contributed by atoms with E-state index in [0.717, 1.165) is 22.2 Å². The van der Waals surface area contributed by atoms with Gasteiger partial charge in [-0.3, -0.25) is 9.78 Å². The van der Waals surface area contributed by atoms with Crippen molar-refractivity contribution in [1.82, 2.24) is 9.97 Å². The van der Waals surface area contributed by atoms with E-state index in [2.05, 4.69) is 31.2 Å². The summed E-state index contributed by atoms with van der Waals surface area (Å²) in [4.78, 5) is 21.3. The second-order valence-electron chi connectivity index (χ2n) is 7.10. The number of methoxy groups -OCH3 is 1. The van der Waals surface area contributed by atoms with Gasteiger partial charge in [0.05, 0.1) is 34.4 Å². The summed E-state index contributed by atoms with van der Waals surface area (Å²) in [5.41, 5.74) is 2.71. The van der Waals surface area contributed by atoms with Crippen LogP contribution in [-0.2, 0) is 10.2 Å². The number of anilines is 1. The Morgan fingerprint density at radius 2 is 2.11 bits per heavy atom. The molecule has 5 nitrogen and oxygen atoms in total. The van der Waals surface area contributed by atoms with E-state index in [1.54, 1.807) is 25.6 Å². The lowest BCUT2D eigenvalue weighted by molar-refractivity contribution is -0.124. The van der Waals surface area contributed by atoms with Crippen LogP contribution in [0, 0.1) is 5.82 Å². The number of halogens is 2. The molecule has 0 unspecified atom stereocenters. The van der Waals surface area contributed by atoms with Crippen LogP contribution in [0.15, 0.2) is 41.1 Å². The molecule has 3 aromatic rings. The third kappa shape index (κ3) is 2.31. The maximum absolute atomic E-state index is 13.9. The molecule has 1 amide bonds. The molecule has 5 rings (SSSR count). The molecule has 1 aliphatic carbocycles. The molecule has 2 aliphatic rings. The van der Waals surface area contributed by atoms with Crippen LogP contribution in [-0.4, -0.2) is 23.0 Å². The first-order chi connectivity index (χ1) is 13.0. The SMILES string of the molecule is COc1cc([C@H]2C[C@]3(C2)C(=O)Nc2cnc4cc(F)c(Br)cc4c23)ccn1. The highest BCUT2D eigenvalue weighted by atomic mass is 79.9. The zero-order valence-corrected chi connectivity index (χ0v) is 16.0. The highest BCUT2D eigenvalue weighted by Crippen LogP contribution is 2.59. The van der Waals surface area contributed by atoms with Gasteiger partial charge in [-0.05, 0) is 52.4 Å². The third-order valence-corrected chi connectivity index (χ3v) is 6.31. The van der Waals surface area contributed by atoms with Crippen molar-refractivity contribution in [3.05, 3.63) is 58.1 Å². The highest BCUT2D eigenvalue weighted by molar-refractivity contribution is 9.10. The lowest BCUT2D eigenvalue weighted by Gasteiger charge is -2.44. The Bertz CT molecular complexity index is 1110. The van der Waals surface area contributed by atoms with E-state index in [0.29, 0.717) is 28.7 Å². The average Bonchev–Trinajstić information content (AvgIpc) is 2.94. The van der Waals surface area contributed by atoms with E-state index in [9.17, 15) is 9.18 Å². The number of rotatable bonds is 2. The molecule has 1 N–H and O–H groups in total.